The highest BCUT2D eigenvalue weighted by Gasteiger charge is 2.51. The lowest BCUT2D eigenvalue weighted by atomic mass is 9.90. The number of carboxylic acid groups (broad SMARTS) is 1. The van der Waals surface area contributed by atoms with E-state index >= 15 is 0 Å². The van der Waals surface area contributed by atoms with Crippen LogP contribution in [0.15, 0.2) is 48.5 Å². The molecule has 2 amide bonds. The molecule has 2 heterocycles. The topological polar surface area (TPSA) is 90.3 Å². The predicted octanol–water partition coefficient (Wildman–Crippen LogP) is 2.57. The first-order chi connectivity index (χ1) is 12.1. The Morgan fingerprint density at radius 3 is 2.64 bits per heavy atom. The fourth-order valence-corrected chi connectivity index (χ4v) is 3.49. The number of carbonyl (C=O) groups excluding carboxylic acids is 1. The second kappa shape index (κ2) is 5.78. The molecule has 2 N–H and O–H groups in total. The van der Waals surface area contributed by atoms with Gasteiger partial charge in [-0.25, -0.2) is 9.59 Å². The maximum absolute atomic E-state index is 12.2. The third kappa shape index (κ3) is 2.40. The first-order valence-electron chi connectivity index (χ1n) is 7.89. The fourth-order valence-electron chi connectivity index (χ4n) is 3.49. The summed E-state index contributed by atoms with van der Waals surface area (Å²) in [7, 11) is 0. The summed E-state index contributed by atoms with van der Waals surface area (Å²) in [4.78, 5) is 25.0. The van der Waals surface area contributed by atoms with Crippen molar-refractivity contribution in [1.29, 1.82) is 0 Å². The molecule has 128 valence electrons. The van der Waals surface area contributed by atoms with Crippen molar-refractivity contribution in [3.63, 3.8) is 0 Å². The van der Waals surface area contributed by atoms with Crippen LogP contribution < -0.4 is 4.74 Å². The molecular weight excluding hydrogens is 324 g/mol. The largest absolute Gasteiger partial charge is 0.489 e. The van der Waals surface area contributed by atoms with Gasteiger partial charge in [0.1, 0.15) is 18.4 Å². The summed E-state index contributed by atoms with van der Waals surface area (Å²) in [5.41, 5.74) is 1.99. The maximum atomic E-state index is 12.2. The number of carboxylic acids is 1. The van der Waals surface area contributed by atoms with Gasteiger partial charge in [0.2, 0.25) is 0 Å². The molecule has 0 saturated carbocycles. The van der Waals surface area contributed by atoms with Crippen LogP contribution in [0, 0.1) is 0 Å². The summed E-state index contributed by atoms with van der Waals surface area (Å²) in [6.07, 6.45) is 0. The van der Waals surface area contributed by atoms with Gasteiger partial charge in [-0.15, -0.1) is 0 Å². The molecule has 2 atom stereocenters. The van der Waals surface area contributed by atoms with Gasteiger partial charge >= 0.3 is 12.0 Å². The van der Waals surface area contributed by atoms with Crippen molar-refractivity contribution in [1.82, 2.24) is 9.96 Å². The van der Waals surface area contributed by atoms with Gasteiger partial charge < -0.3 is 14.7 Å². The van der Waals surface area contributed by atoms with Crippen LogP contribution in [0.25, 0.3) is 0 Å². The molecule has 2 aliphatic rings. The summed E-state index contributed by atoms with van der Waals surface area (Å²) in [6.45, 7) is 0.426. The minimum Gasteiger partial charge on any atom is -0.489 e. The SMILES string of the molecule is O=C(O)C1c2cccc(OCc3ccccc3)c2C2CN1C(=O)N2O. The Balaban J connectivity index is 1.74. The Morgan fingerprint density at radius 1 is 1.16 bits per heavy atom. The van der Waals surface area contributed by atoms with E-state index in [1.54, 1.807) is 18.2 Å². The van der Waals surface area contributed by atoms with Gasteiger partial charge in [0, 0.05) is 5.56 Å². The lowest BCUT2D eigenvalue weighted by Crippen LogP contribution is -2.38. The number of carbonyl (C=O) groups is 2. The fraction of sp³-hybridized carbons (Fsp3) is 0.222. The molecule has 2 bridgehead atoms. The Kier molecular flexibility index (Phi) is 3.58. The highest BCUT2D eigenvalue weighted by molar-refractivity contribution is 5.87. The Bertz CT molecular complexity index is 839. The summed E-state index contributed by atoms with van der Waals surface area (Å²) in [5, 5.41) is 20.3. The van der Waals surface area contributed by atoms with Gasteiger partial charge in [0.25, 0.3) is 0 Å². The molecule has 4 rings (SSSR count). The number of amides is 2. The van der Waals surface area contributed by atoms with E-state index in [0.717, 1.165) is 10.5 Å². The monoisotopic (exact) mass is 340 g/mol. The van der Waals surface area contributed by atoms with E-state index in [0.29, 0.717) is 28.5 Å². The van der Waals surface area contributed by atoms with E-state index < -0.39 is 24.1 Å². The quantitative estimate of drug-likeness (QED) is 0.835. The first kappa shape index (κ1) is 15.5. The third-order valence-electron chi connectivity index (χ3n) is 4.62. The van der Waals surface area contributed by atoms with Crippen molar-refractivity contribution < 1.29 is 24.6 Å². The minimum atomic E-state index is -1.14. The van der Waals surface area contributed by atoms with Crippen LogP contribution in [0.3, 0.4) is 0 Å². The van der Waals surface area contributed by atoms with Gasteiger partial charge in [-0.3, -0.25) is 5.21 Å². The zero-order valence-corrected chi connectivity index (χ0v) is 13.2. The Hall–Kier alpha value is -3.06. The van der Waals surface area contributed by atoms with Crippen LogP contribution in [0.4, 0.5) is 4.79 Å². The van der Waals surface area contributed by atoms with Gasteiger partial charge in [0.05, 0.1) is 6.54 Å². The molecule has 0 aromatic heterocycles. The molecule has 1 fully saturated rings. The van der Waals surface area contributed by atoms with Crippen LogP contribution in [0.2, 0.25) is 0 Å². The lowest BCUT2D eigenvalue weighted by molar-refractivity contribution is -0.142. The lowest BCUT2D eigenvalue weighted by Gasteiger charge is -2.31. The van der Waals surface area contributed by atoms with E-state index in [9.17, 15) is 19.9 Å². The van der Waals surface area contributed by atoms with Crippen molar-refractivity contribution in [2.75, 3.05) is 6.54 Å². The number of hydrogen-bond donors (Lipinski definition) is 2. The number of benzene rings is 2. The van der Waals surface area contributed by atoms with E-state index in [2.05, 4.69) is 0 Å². The van der Waals surface area contributed by atoms with Crippen molar-refractivity contribution in [2.24, 2.45) is 0 Å². The smallest absolute Gasteiger partial charge is 0.345 e. The molecule has 2 aromatic carbocycles. The maximum Gasteiger partial charge on any atom is 0.345 e. The number of aliphatic carboxylic acids is 1. The molecule has 7 heteroatoms. The van der Waals surface area contributed by atoms with E-state index in [-0.39, 0.29) is 6.54 Å². The summed E-state index contributed by atoms with van der Waals surface area (Å²) < 4.78 is 5.89. The standard InChI is InChI=1S/C18H16N2O5/c21-17(22)16-12-7-4-8-14(25-10-11-5-2-1-3-6-11)15(12)13-9-19(16)18(23)20(13)24/h1-8,13,16,24H,9-10H2,(H,21,22). The molecule has 0 spiro atoms. The molecule has 2 aromatic rings. The van der Waals surface area contributed by atoms with Crippen LogP contribution in [0.5, 0.6) is 5.75 Å². The van der Waals surface area contributed by atoms with Crippen LogP contribution >= 0.6 is 0 Å². The average molecular weight is 340 g/mol. The second-order valence-electron chi connectivity index (χ2n) is 6.07. The van der Waals surface area contributed by atoms with E-state index in [4.69, 9.17) is 4.74 Å². The number of hydrogen-bond acceptors (Lipinski definition) is 4. The minimum absolute atomic E-state index is 0.116. The molecule has 1 saturated heterocycles. The molecule has 25 heavy (non-hydrogen) atoms. The third-order valence-corrected chi connectivity index (χ3v) is 4.62. The number of ether oxygens (including phenoxy) is 1. The molecular formula is C18H16N2O5. The highest BCUT2D eigenvalue weighted by atomic mass is 16.5. The molecule has 2 aliphatic heterocycles. The number of hydroxylamine groups is 2. The zero-order valence-electron chi connectivity index (χ0n) is 13.2. The van der Waals surface area contributed by atoms with Crippen molar-refractivity contribution in [3.05, 3.63) is 65.2 Å². The van der Waals surface area contributed by atoms with Crippen LogP contribution in [0.1, 0.15) is 28.8 Å². The molecule has 0 radical (unpaired) electrons. The van der Waals surface area contributed by atoms with Gasteiger partial charge in [-0.1, -0.05) is 42.5 Å². The Morgan fingerprint density at radius 2 is 1.92 bits per heavy atom. The first-order valence-corrected chi connectivity index (χ1v) is 7.89. The number of fused-ring (bicyclic) bond motifs is 4. The van der Waals surface area contributed by atoms with Gasteiger partial charge in [-0.2, -0.15) is 5.06 Å². The molecule has 7 nitrogen and oxygen atoms in total. The number of urea groups is 1. The number of nitrogens with zero attached hydrogens (tertiary/aromatic N) is 2. The van der Waals surface area contributed by atoms with E-state index in [1.807, 2.05) is 30.3 Å². The van der Waals surface area contributed by atoms with Crippen molar-refractivity contribution in [3.8, 4) is 5.75 Å². The van der Waals surface area contributed by atoms with Gasteiger partial charge in [-0.05, 0) is 17.2 Å². The van der Waals surface area contributed by atoms with Gasteiger partial charge in [0.15, 0.2) is 6.04 Å². The van der Waals surface area contributed by atoms with Crippen molar-refractivity contribution in [2.45, 2.75) is 18.7 Å². The average Bonchev–Trinajstić information content (AvgIpc) is 2.86. The highest BCUT2D eigenvalue weighted by Crippen LogP contribution is 2.46. The normalized spacial score (nSPS) is 21.2. The summed E-state index contributed by atoms with van der Waals surface area (Å²) >= 11 is 0. The molecule has 2 unspecified atom stereocenters. The van der Waals surface area contributed by atoms with Crippen LogP contribution in [-0.2, 0) is 11.4 Å². The predicted molar refractivity (Wildman–Crippen MR) is 86.1 cm³/mol. The second-order valence-corrected chi connectivity index (χ2v) is 6.07. The van der Waals surface area contributed by atoms with Crippen LogP contribution in [-0.4, -0.2) is 38.8 Å². The Labute approximate surface area is 143 Å². The van der Waals surface area contributed by atoms with Crippen molar-refractivity contribution >= 4 is 12.0 Å². The summed E-state index contributed by atoms with van der Waals surface area (Å²) in [5.74, 6) is -0.658. The zero-order chi connectivity index (χ0) is 17.6. The molecule has 0 aliphatic carbocycles. The number of rotatable bonds is 4. The summed E-state index contributed by atoms with van der Waals surface area (Å²) in [6, 6.07) is 12.2. The van der Waals surface area contributed by atoms with E-state index in [1.165, 1.54) is 0 Å².